The average Bonchev–Trinajstić information content (AvgIpc) is 3.11. The summed E-state index contributed by atoms with van der Waals surface area (Å²) in [5.74, 6) is 0.187. The molecule has 1 fully saturated rings. The molecule has 3 nitrogen and oxygen atoms in total. The van der Waals surface area contributed by atoms with Crippen LogP contribution >= 0.6 is 0 Å². The van der Waals surface area contributed by atoms with Gasteiger partial charge < -0.3 is 10.6 Å². The van der Waals surface area contributed by atoms with Gasteiger partial charge in [0.05, 0.1) is 11.5 Å². The van der Waals surface area contributed by atoms with Crippen molar-refractivity contribution in [3.8, 4) is 0 Å². The molecular weight excluding hydrogens is 272 g/mol. The summed E-state index contributed by atoms with van der Waals surface area (Å²) >= 11 is 0. The van der Waals surface area contributed by atoms with Gasteiger partial charge in [0.25, 0.3) is 0 Å². The molecule has 22 heavy (non-hydrogen) atoms. The predicted octanol–water partition coefficient (Wildman–Crippen LogP) is 2.68. The smallest absolute Gasteiger partial charge is 0.225 e. The van der Waals surface area contributed by atoms with E-state index in [1.165, 1.54) is 0 Å². The standard InChI is InChI=1S/C19H22N2O/c1-19(16-8-4-2-5-9-16,17-10-6-3-7-11-17)21-18(22)15-12-13-20-14-15/h2-11,15,20H,12-14H2,1H3,(H,21,22). The van der Waals surface area contributed by atoms with Gasteiger partial charge in [0.1, 0.15) is 0 Å². The zero-order chi connectivity index (χ0) is 15.4. The van der Waals surface area contributed by atoms with Crippen LogP contribution in [0.15, 0.2) is 60.7 Å². The van der Waals surface area contributed by atoms with Crippen LogP contribution in [0.1, 0.15) is 24.5 Å². The first kappa shape index (κ1) is 14.8. The largest absolute Gasteiger partial charge is 0.342 e. The molecular formula is C19H22N2O. The highest BCUT2D eigenvalue weighted by Crippen LogP contribution is 2.29. The molecule has 1 atom stereocenters. The van der Waals surface area contributed by atoms with Crippen molar-refractivity contribution in [2.75, 3.05) is 13.1 Å². The highest BCUT2D eigenvalue weighted by Gasteiger charge is 2.33. The molecule has 0 radical (unpaired) electrons. The van der Waals surface area contributed by atoms with E-state index in [4.69, 9.17) is 0 Å². The zero-order valence-electron chi connectivity index (χ0n) is 12.9. The molecule has 0 aliphatic carbocycles. The molecule has 2 aromatic carbocycles. The summed E-state index contributed by atoms with van der Waals surface area (Å²) in [6.45, 7) is 3.77. The van der Waals surface area contributed by atoms with Crippen molar-refractivity contribution in [2.45, 2.75) is 18.9 Å². The quantitative estimate of drug-likeness (QED) is 0.910. The van der Waals surface area contributed by atoms with Gasteiger partial charge in [0.2, 0.25) is 5.91 Å². The maximum Gasteiger partial charge on any atom is 0.225 e. The Labute approximate surface area is 131 Å². The molecule has 1 aliphatic rings. The van der Waals surface area contributed by atoms with E-state index in [-0.39, 0.29) is 11.8 Å². The Morgan fingerprint density at radius 3 is 2.05 bits per heavy atom. The van der Waals surface area contributed by atoms with Crippen LogP contribution in [0, 0.1) is 5.92 Å². The molecule has 0 spiro atoms. The summed E-state index contributed by atoms with van der Waals surface area (Å²) in [4.78, 5) is 12.7. The first-order chi connectivity index (χ1) is 10.7. The van der Waals surface area contributed by atoms with Crippen molar-refractivity contribution in [2.24, 2.45) is 5.92 Å². The topological polar surface area (TPSA) is 41.1 Å². The minimum Gasteiger partial charge on any atom is -0.342 e. The number of benzene rings is 2. The molecule has 1 saturated heterocycles. The SMILES string of the molecule is CC(NC(=O)C1CCNC1)(c1ccccc1)c1ccccc1. The summed E-state index contributed by atoms with van der Waals surface area (Å²) in [5, 5.41) is 6.55. The Morgan fingerprint density at radius 1 is 1.05 bits per heavy atom. The van der Waals surface area contributed by atoms with Gasteiger partial charge in [0, 0.05) is 6.54 Å². The van der Waals surface area contributed by atoms with Crippen molar-refractivity contribution in [3.05, 3.63) is 71.8 Å². The number of hydrogen-bond acceptors (Lipinski definition) is 2. The summed E-state index contributed by atoms with van der Waals surface area (Å²) in [7, 11) is 0. The van der Waals surface area contributed by atoms with E-state index in [1.807, 2.05) is 36.4 Å². The van der Waals surface area contributed by atoms with E-state index >= 15 is 0 Å². The third-order valence-electron chi connectivity index (χ3n) is 4.51. The first-order valence-corrected chi connectivity index (χ1v) is 7.84. The Morgan fingerprint density at radius 2 is 1.59 bits per heavy atom. The fourth-order valence-electron chi connectivity index (χ4n) is 3.08. The van der Waals surface area contributed by atoms with Crippen molar-refractivity contribution in [3.63, 3.8) is 0 Å². The molecule has 1 unspecified atom stereocenters. The highest BCUT2D eigenvalue weighted by atomic mass is 16.2. The second-order valence-corrected chi connectivity index (χ2v) is 6.04. The van der Waals surface area contributed by atoms with Crippen LogP contribution in [-0.4, -0.2) is 19.0 Å². The summed E-state index contributed by atoms with van der Waals surface area (Å²) in [5.41, 5.74) is 1.68. The van der Waals surface area contributed by atoms with Crippen LogP contribution in [0.5, 0.6) is 0 Å². The molecule has 114 valence electrons. The van der Waals surface area contributed by atoms with Crippen molar-refractivity contribution >= 4 is 5.91 Å². The summed E-state index contributed by atoms with van der Waals surface area (Å²) in [6, 6.07) is 20.3. The van der Waals surface area contributed by atoms with Crippen molar-refractivity contribution in [1.82, 2.24) is 10.6 Å². The Bertz CT molecular complexity index is 579. The van der Waals surface area contributed by atoms with Crippen LogP contribution in [0.2, 0.25) is 0 Å². The molecule has 2 aromatic rings. The van der Waals surface area contributed by atoms with Gasteiger partial charge in [-0.05, 0) is 31.0 Å². The van der Waals surface area contributed by atoms with E-state index in [9.17, 15) is 4.79 Å². The Balaban J connectivity index is 1.94. The fraction of sp³-hybridized carbons (Fsp3) is 0.316. The third-order valence-corrected chi connectivity index (χ3v) is 4.51. The first-order valence-electron chi connectivity index (χ1n) is 7.84. The van der Waals surface area contributed by atoms with E-state index in [0.717, 1.165) is 30.6 Å². The average molecular weight is 294 g/mol. The van der Waals surface area contributed by atoms with Crippen LogP contribution in [0.25, 0.3) is 0 Å². The van der Waals surface area contributed by atoms with Crippen LogP contribution in [0.4, 0.5) is 0 Å². The number of nitrogens with one attached hydrogen (secondary N) is 2. The highest BCUT2D eigenvalue weighted by molar-refractivity contribution is 5.80. The summed E-state index contributed by atoms with van der Waals surface area (Å²) < 4.78 is 0. The van der Waals surface area contributed by atoms with E-state index < -0.39 is 5.54 Å². The van der Waals surface area contributed by atoms with E-state index in [2.05, 4.69) is 41.8 Å². The van der Waals surface area contributed by atoms with Gasteiger partial charge in [-0.1, -0.05) is 60.7 Å². The lowest BCUT2D eigenvalue weighted by Crippen LogP contribution is -2.47. The lowest BCUT2D eigenvalue weighted by atomic mass is 9.84. The number of amides is 1. The van der Waals surface area contributed by atoms with Gasteiger partial charge in [-0.2, -0.15) is 0 Å². The lowest BCUT2D eigenvalue weighted by Gasteiger charge is -2.33. The second kappa shape index (κ2) is 6.32. The molecule has 1 aliphatic heterocycles. The van der Waals surface area contributed by atoms with Crippen molar-refractivity contribution in [1.29, 1.82) is 0 Å². The normalized spacial score (nSPS) is 18.1. The molecule has 1 amide bonds. The Hall–Kier alpha value is -2.13. The van der Waals surface area contributed by atoms with Crippen LogP contribution < -0.4 is 10.6 Å². The molecule has 2 N–H and O–H groups in total. The number of carbonyl (C=O) groups is 1. The molecule has 0 bridgehead atoms. The molecule has 0 saturated carbocycles. The number of rotatable bonds is 4. The minimum atomic E-state index is -0.512. The van der Waals surface area contributed by atoms with Gasteiger partial charge in [-0.25, -0.2) is 0 Å². The lowest BCUT2D eigenvalue weighted by molar-refractivity contribution is -0.125. The third kappa shape index (κ3) is 2.90. The Kier molecular flexibility index (Phi) is 4.25. The molecule has 3 heteroatoms. The molecule has 1 heterocycles. The minimum absolute atomic E-state index is 0.0618. The summed E-state index contributed by atoms with van der Waals surface area (Å²) in [6.07, 6.45) is 0.908. The van der Waals surface area contributed by atoms with Gasteiger partial charge in [0.15, 0.2) is 0 Å². The van der Waals surface area contributed by atoms with Crippen LogP contribution in [-0.2, 0) is 10.3 Å². The maximum atomic E-state index is 12.7. The van der Waals surface area contributed by atoms with Crippen molar-refractivity contribution < 1.29 is 4.79 Å². The monoisotopic (exact) mass is 294 g/mol. The van der Waals surface area contributed by atoms with Gasteiger partial charge in [-0.3, -0.25) is 4.79 Å². The van der Waals surface area contributed by atoms with E-state index in [1.54, 1.807) is 0 Å². The molecule has 3 rings (SSSR count). The fourth-order valence-corrected chi connectivity index (χ4v) is 3.08. The zero-order valence-corrected chi connectivity index (χ0v) is 12.9. The number of hydrogen-bond donors (Lipinski definition) is 2. The van der Waals surface area contributed by atoms with Crippen LogP contribution in [0.3, 0.4) is 0 Å². The maximum absolute atomic E-state index is 12.7. The molecule has 0 aromatic heterocycles. The van der Waals surface area contributed by atoms with Gasteiger partial charge in [-0.15, -0.1) is 0 Å². The van der Waals surface area contributed by atoms with E-state index in [0.29, 0.717) is 0 Å². The number of carbonyl (C=O) groups excluding carboxylic acids is 1. The van der Waals surface area contributed by atoms with Gasteiger partial charge >= 0.3 is 0 Å². The predicted molar refractivity (Wildman–Crippen MR) is 88.5 cm³/mol. The second-order valence-electron chi connectivity index (χ2n) is 6.04.